The number of unbranched alkanes of at least 4 members (excludes halogenated alkanes) is 2. The summed E-state index contributed by atoms with van der Waals surface area (Å²) in [5, 5.41) is 10.7. The standard InChI is InChI=1S/C28H46O3/c1-3-5-16-27(18-9-7-10-19-27)30-22-24-14-13-15-26(29)25(24)23-31-28(17-6-4-2)20-11-8-12-21-28/h13-15,29H,3-12,16-23H2,1-2H3. The first-order chi connectivity index (χ1) is 15.1. The summed E-state index contributed by atoms with van der Waals surface area (Å²) in [5.74, 6) is 0.355. The van der Waals surface area contributed by atoms with Crippen molar-refractivity contribution in [1.82, 2.24) is 0 Å². The molecule has 2 aliphatic rings. The van der Waals surface area contributed by atoms with Crippen LogP contribution in [-0.4, -0.2) is 16.3 Å². The van der Waals surface area contributed by atoms with Gasteiger partial charge in [0.1, 0.15) is 5.75 Å². The second-order valence-electron chi connectivity index (χ2n) is 10.2. The smallest absolute Gasteiger partial charge is 0.121 e. The highest BCUT2D eigenvalue weighted by molar-refractivity contribution is 5.38. The fourth-order valence-electron chi connectivity index (χ4n) is 5.70. The molecule has 0 radical (unpaired) electrons. The van der Waals surface area contributed by atoms with Gasteiger partial charge in [0.2, 0.25) is 0 Å². The minimum atomic E-state index is 0.000384. The number of ether oxygens (including phenoxy) is 2. The van der Waals surface area contributed by atoms with E-state index in [0.29, 0.717) is 19.0 Å². The van der Waals surface area contributed by atoms with E-state index in [2.05, 4.69) is 19.9 Å². The average molecular weight is 431 g/mol. The molecule has 0 amide bonds. The molecule has 2 saturated carbocycles. The van der Waals surface area contributed by atoms with Crippen molar-refractivity contribution in [3.05, 3.63) is 29.3 Å². The minimum Gasteiger partial charge on any atom is -0.508 e. The fourth-order valence-corrected chi connectivity index (χ4v) is 5.70. The molecule has 1 aromatic rings. The molecule has 0 heterocycles. The molecule has 0 unspecified atom stereocenters. The summed E-state index contributed by atoms with van der Waals surface area (Å²) in [5.41, 5.74) is 2.07. The first kappa shape index (κ1) is 24.6. The summed E-state index contributed by atoms with van der Waals surface area (Å²) in [4.78, 5) is 0. The summed E-state index contributed by atoms with van der Waals surface area (Å²) in [7, 11) is 0. The van der Waals surface area contributed by atoms with Crippen LogP contribution in [0.2, 0.25) is 0 Å². The third kappa shape index (κ3) is 6.96. The monoisotopic (exact) mass is 430 g/mol. The van der Waals surface area contributed by atoms with Crippen molar-refractivity contribution in [2.24, 2.45) is 0 Å². The van der Waals surface area contributed by atoms with Crippen LogP contribution in [0.4, 0.5) is 0 Å². The van der Waals surface area contributed by atoms with E-state index in [0.717, 1.165) is 36.8 Å². The Morgan fingerprint density at radius 3 is 1.77 bits per heavy atom. The maximum atomic E-state index is 10.7. The zero-order valence-electron chi connectivity index (χ0n) is 20.2. The van der Waals surface area contributed by atoms with Crippen molar-refractivity contribution in [2.75, 3.05) is 0 Å². The Morgan fingerprint density at radius 1 is 0.742 bits per heavy atom. The van der Waals surface area contributed by atoms with Gasteiger partial charge in [-0.3, -0.25) is 0 Å². The van der Waals surface area contributed by atoms with E-state index >= 15 is 0 Å². The molecule has 0 atom stereocenters. The normalized spacial score (nSPS) is 20.6. The highest BCUT2D eigenvalue weighted by Gasteiger charge is 2.34. The number of aromatic hydroxyl groups is 1. The highest BCUT2D eigenvalue weighted by Crippen LogP contribution is 2.39. The highest BCUT2D eigenvalue weighted by atomic mass is 16.5. The zero-order chi connectivity index (χ0) is 22.0. The van der Waals surface area contributed by atoms with Gasteiger partial charge < -0.3 is 14.6 Å². The Labute approximate surface area is 190 Å². The van der Waals surface area contributed by atoms with Crippen molar-refractivity contribution >= 4 is 0 Å². The third-order valence-corrected chi connectivity index (χ3v) is 7.81. The minimum absolute atomic E-state index is 0.000384. The molecule has 0 spiro atoms. The molecule has 1 N–H and O–H groups in total. The fraction of sp³-hybridized carbons (Fsp3) is 0.786. The summed E-state index contributed by atoms with van der Waals surface area (Å²) in [6, 6.07) is 5.87. The van der Waals surface area contributed by atoms with Gasteiger partial charge in [-0.1, -0.05) is 90.2 Å². The molecule has 0 bridgehead atoms. The van der Waals surface area contributed by atoms with Crippen LogP contribution in [0.15, 0.2) is 18.2 Å². The van der Waals surface area contributed by atoms with Crippen LogP contribution in [-0.2, 0) is 22.7 Å². The molecule has 3 nitrogen and oxygen atoms in total. The summed E-state index contributed by atoms with van der Waals surface area (Å²) < 4.78 is 13.3. The topological polar surface area (TPSA) is 38.7 Å². The predicted octanol–water partition coefficient (Wildman–Crippen LogP) is 8.21. The van der Waals surface area contributed by atoms with E-state index in [1.807, 2.05) is 6.07 Å². The molecule has 3 heteroatoms. The van der Waals surface area contributed by atoms with Crippen LogP contribution in [0.1, 0.15) is 128 Å². The number of phenols is 1. The Kier molecular flexibility index (Phi) is 9.72. The van der Waals surface area contributed by atoms with E-state index < -0.39 is 0 Å². The molecule has 31 heavy (non-hydrogen) atoms. The predicted molar refractivity (Wildman–Crippen MR) is 128 cm³/mol. The Morgan fingerprint density at radius 2 is 1.26 bits per heavy atom. The lowest BCUT2D eigenvalue weighted by atomic mass is 9.81. The van der Waals surface area contributed by atoms with Crippen LogP contribution in [0, 0.1) is 0 Å². The van der Waals surface area contributed by atoms with E-state index in [4.69, 9.17) is 9.47 Å². The van der Waals surface area contributed by atoms with Crippen molar-refractivity contribution in [3.8, 4) is 5.75 Å². The lowest BCUT2D eigenvalue weighted by molar-refractivity contribution is -0.0939. The number of phenolic OH excluding ortho intramolecular Hbond substituents is 1. The van der Waals surface area contributed by atoms with Gasteiger partial charge in [0.15, 0.2) is 0 Å². The quantitative estimate of drug-likeness (QED) is 0.363. The molecule has 176 valence electrons. The second kappa shape index (κ2) is 12.3. The van der Waals surface area contributed by atoms with E-state index in [-0.39, 0.29) is 11.2 Å². The summed E-state index contributed by atoms with van der Waals surface area (Å²) >= 11 is 0. The Hall–Kier alpha value is -1.06. The number of hydrogen-bond donors (Lipinski definition) is 1. The number of hydrogen-bond acceptors (Lipinski definition) is 3. The summed E-state index contributed by atoms with van der Waals surface area (Å²) in [6.07, 6.45) is 19.6. The van der Waals surface area contributed by atoms with Crippen LogP contribution in [0.5, 0.6) is 5.75 Å². The largest absolute Gasteiger partial charge is 0.508 e. The molecule has 2 aliphatic carbocycles. The molecule has 0 aliphatic heterocycles. The van der Waals surface area contributed by atoms with Gasteiger partial charge in [0, 0.05) is 5.56 Å². The van der Waals surface area contributed by atoms with Crippen molar-refractivity contribution in [3.63, 3.8) is 0 Å². The van der Waals surface area contributed by atoms with Crippen LogP contribution in [0.25, 0.3) is 0 Å². The van der Waals surface area contributed by atoms with E-state index in [9.17, 15) is 5.11 Å². The molecule has 1 aromatic carbocycles. The van der Waals surface area contributed by atoms with Gasteiger partial charge in [-0.25, -0.2) is 0 Å². The van der Waals surface area contributed by atoms with Gasteiger partial charge in [0.05, 0.1) is 24.4 Å². The second-order valence-corrected chi connectivity index (χ2v) is 10.2. The van der Waals surface area contributed by atoms with Crippen LogP contribution >= 0.6 is 0 Å². The number of rotatable bonds is 12. The van der Waals surface area contributed by atoms with Gasteiger partial charge >= 0.3 is 0 Å². The average Bonchev–Trinajstić information content (AvgIpc) is 2.81. The lowest BCUT2D eigenvalue weighted by Crippen LogP contribution is -2.35. The van der Waals surface area contributed by atoms with Gasteiger partial charge in [-0.05, 0) is 50.2 Å². The third-order valence-electron chi connectivity index (χ3n) is 7.81. The molecule has 3 rings (SSSR count). The maximum absolute atomic E-state index is 10.7. The SMILES string of the molecule is CCCCC1(OCc2cccc(O)c2COC2(CCCC)CCCCC2)CCCCC1. The first-order valence-electron chi connectivity index (χ1n) is 13.2. The molecule has 0 aromatic heterocycles. The Balaban J connectivity index is 1.69. The first-order valence-corrected chi connectivity index (χ1v) is 13.2. The van der Waals surface area contributed by atoms with Crippen molar-refractivity contribution < 1.29 is 14.6 Å². The van der Waals surface area contributed by atoms with E-state index in [1.165, 1.54) is 77.0 Å². The van der Waals surface area contributed by atoms with Crippen molar-refractivity contribution in [2.45, 2.75) is 141 Å². The Bertz CT molecular complexity index is 642. The van der Waals surface area contributed by atoms with Crippen LogP contribution in [0.3, 0.4) is 0 Å². The van der Waals surface area contributed by atoms with E-state index in [1.54, 1.807) is 6.07 Å². The maximum Gasteiger partial charge on any atom is 0.121 e. The molecular formula is C28H46O3. The lowest BCUT2D eigenvalue weighted by Gasteiger charge is -2.38. The van der Waals surface area contributed by atoms with Gasteiger partial charge in [-0.2, -0.15) is 0 Å². The molecular weight excluding hydrogens is 384 g/mol. The van der Waals surface area contributed by atoms with Gasteiger partial charge in [0.25, 0.3) is 0 Å². The van der Waals surface area contributed by atoms with Crippen molar-refractivity contribution in [1.29, 1.82) is 0 Å². The number of benzene rings is 1. The zero-order valence-corrected chi connectivity index (χ0v) is 20.2. The molecule has 2 fully saturated rings. The van der Waals surface area contributed by atoms with Crippen LogP contribution < -0.4 is 0 Å². The molecule has 0 saturated heterocycles. The summed E-state index contributed by atoms with van der Waals surface area (Å²) in [6.45, 7) is 5.60. The van der Waals surface area contributed by atoms with Gasteiger partial charge in [-0.15, -0.1) is 0 Å².